The Morgan fingerprint density at radius 2 is 1.72 bits per heavy atom. The highest BCUT2D eigenvalue weighted by molar-refractivity contribution is 5.94. The first kappa shape index (κ1) is 21.8. The molecule has 0 bridgehead atoms. The zero-order valence-corrected chi connectivity index (χ0v) is 19.0. The average Bonchev–Trinajstić information content (AvgIpc) is 3.30. The molecule has 0 atom stereocenters. The molecule has 1 fully saturated rings. The van der Waals surface area contributed by atoms with Crippen LogP contribution in [0, 0.1) is 0 Å². The summed E-state index contributed by atoms with van der Waals surface area (Å²) in [6, 6.07) is 11.3. The first-order valence-corrected chi connectivity index (χ1v) is 11.0. The number of ether oxygens (including phenoxy) is 1. The summed E-state index contributed by atoms with van der Waals surface area (Å²) in [5, 5.41) is 4.04. The van der Waals surface area contributed by atoms with Crippen molar-refractivity contribution in [2.75, 3.05) is 31.1 Å². The molecule has 1 aromatic carbocycles. The molecular formula is C24H29N5O3. The minimum atomic E-state index is 0.0436. The van der Waals surface area contributed by atoms with Gasteiger partial charge in [0.15, 0.2) is 0 Å². The molecule has 1 aliphatic rings. The number of nitrogens with zero attached hydrogens (tertiary/aromatic N) is 5. The van der Waals surface area contributed by atoms with Crippen molar-refractivity contribution in [3.05, 3.63) is 54.0 Å². The number of rotatable bonds is 6. The van der Waals surface area contributed by atoms with Gasteiger partial charge in [-0.1, -0.05) is 19.0 Å². The summed E-state index contributed by atoms with van der Waals surface area (Å²) in [7, 11) is 0. The van der Waals surface area contributed by atoms with Gasteiger partial charge in [-0.3, -0.25) is 4.79 Å². The van der Waals surface area contributed by atoms with Gasteiger partial charge in [0.1, 0.15) is 11.6 Å². The Hall–Kier alpha value is -3.42. The van der Waals surface area contributed by atoms with Gasteiger partial charge in [0, 0.05) is 49.4 Å². The van der Waals surface area contributed by atoms with Gasteiger partial charge < -0.3 is 19.1 Å². The van der Waals surface area contributed by atoms with Crippen molar-refractivity contribution >= 4 is 11.7 Å². The van der Waals surface area contributed by atoms with Gasteiger partial charge >= 0.3 is 0 Å². The molecule has 8 heteroatoms. The van der Waals surface area contributed by atoms with Gasteiger partial charge in [0.2, 0.25) is 11.7 Å². The number of hydrogen-bond donors (Lipinski definition) is 0. The zero-order chi connectivity index (χ0) is 22.7. The lowest BCUT2D eigenvalue weighted by molar-refractivity contribution is 0.0746. The van der Waals surface area contributed by atoms with Crippen LogP contribution in [0.15, 0.2) is 47.1 Å². The minimum absolute atomic E-state index is 0.0436. The van der Waals surface area contributed by atoms with Crippen LogP contribution in [-0.4, -0.2) is 58.2 Å². The van der Waals surface area contributed by atoms with Gasteiger partial charge in [0.05, 0.1) is 6.10 Å². The standard InChI is InChI=1S/C24H29N5O3/c1-16(2)23-26-22(27-32-23)19-7-10-21(25-15-19)28-11-13-29(14-12-28)24(30)18-5-8-20(9-6-18)31-17(3)4/h5-10,15-17H,11-14H2,1-4H3. The third kappa shape index (κ3) is 4.90. The van der Waals surface area contributed by atoms with Gasteiger partial charge in [-0.25, -0.2) is 4.98 Å². The van der Waals surface area contributed by atoms with Crippen LogP contribution in [0.2, 0.25) is 0 Å². The van der Waals surface area contributed by atoms with Crippen molar-refractivity contribution in [1.82, 2.24) is 20.0 Å². The summed E-state index contributed by atoms with van der Waals surface area (Å²) >= 11 is 0. The van der Waals surface area contributed by atoms with Crippen LogP contribution in [0.25, 0.3) is 11.4 Å². The van der Waals surface area contributed by atoms with Crippen LogP contribution in [-0.2, 0) is 0 Å². The van der Waals surface area contributed by atoms with E-state index in [-0.39, 0.29) is 17.9 Å². The maximum absolute atomic E-state index is 12.9. The predicted molar refractivity (Wildman–Crippen MR) is 122 cm³/mol. The number of carbonyl (C=O) groups is 1. The number of pyridine rings is 1. The van der Waals surface area contributed by atoms with Crippen LogP contribution in [0.5, 0.6) is 5.75 Å². The fraction of sp³-hybridized carbons (Fsp3) is 0.417. The predicted octanol–water partition coefficient (Wildman–Crippen LogP) is 4.00. The second-order valence-corrected chi connectivity index (χ2v) is 8.49. The van der Waals surface area contributed by atoms with E-state index < -0.39 is 0 Å². The number of piperazine rings is 1. The molecule has 1 amide bonds. The summed E-state index contributed by atoms with van der Waals surface area (Å²) < 4.78 is 10.9. The van der Waals surface area contributed by atoms with Crippen LogP contribution in [0.1, 0.15) is 49.9 Å². The molecule has 32 heavy (non-hydrogen) atoms. The summed E-state index contributed by atoms with van der Waals surface area (Å²) in [4.78, 5) is 25.9. The highest BCUT2D eigenvalue weighted by atomic mass is 16.5. The molecule has 4 rings (SSSR count). The van der Waals surface area contributed by atoms with Crippen molar-refractivity contribution in [2.45, 2.75) is 39.7 Å². The Labute approximate surface area is 188 Å². The Bertz CT molecular complexity index is 1040. The summed E-state index contributed by atoms with van der Waals surface area (Å²) in [5.74, 6) is 3.05. The monoisotopic (exact) mass is 435 g/mol. The molecule has 0 N–H and O–H groups in total. The lowest BCUT2D eigenvalue weighted by Gasteiger charge is -2.35. The van der Waals surface area contributed by atoms with E-state index in [2.05, 4.69) is 20.0 Å². The van der Waals surface area contributed by atoms with Crippen molar-refractivity contribution < 1.29 is 14.1 Å². The van der Waals surface area contributed by atoms with Gasteiger partial charge in [-0.05, 0) is 50.2 Å². The van der Waals surface area contributed by atoms with E-state index in [1.165, 1.54) is 0 Å². The van der Waals surface area contributed by atoms with Crippen LogP contribution in [0.3, 0.4) is 0 Å². The summed E-state index contributed by atoms with van der Waals surface area (Å²) in [5.41, 5.74) is 1.50. The van der Waals surface area contributed by atoms with Crippen molar-refractivity contribution in [2.24, 2.45) is 0 Å². The maximum Gasteiger partial charge on any atom is 0.253 e. The lowest BCUT2D eigenvalue weighted by atomic mass is 10.1. The van der Waals surface area contributed by atoms with Crippen molar-refractivity contribution in [3.8, 4) is 17.1 Å². The van der Waals surface area contributed by atoms with E-state index in [4.69, 9.17) is 9.26 Å². The van der Waals surface area contributed by atoms with Gasteiger partial charge in [-0.15, -0.1) is 0 Å². The number of hydrogen-bond acceptors (Lipinski definition) is 7. The molecule has 3 aromatic rings. The molecule has 0 radical (unpaired) electrons. The molecule has 0 aliphatic carbocycles. The Kier molecular flexibility index (Phi) is 6.39. The van der Waals surface area contributed by atoms with Crippen molar-refractivity contribution in [1.29, 1.82) is 0 Å². The number of benzene rings is 1. The van der Waals surface area contributed by atoms with E-state index in [9.17, 15) is 4.79 Å². The van der Waals surface area contributed by atoms with Crippen LogP contribution >= 0.6 is 0 Å². The Balaban J connectivity index is 1.34. The number of amides is 1. The largest absolute Gasteiger partial charge is 0.491 e. The quantitative estimate of drug-likeness (QED) is 0.578. The smallest absolute Gasteiger partial charge is 0.253 e. The number of anilines is 1. The van der Waals surface area contributed by atoms with E-state index in [1.807, 2.05) is 69.0 Å². The highest BCUT2D eigenvalue weighted by Crippen LogP contribution is 2.22. The van der Waals surface area contributed by atoms with Crippen molar-refractivity contribution in [3.63, 3.8) is 0 Å². The molecule has 0 unspecified atom stereocenters. The Morgan fingerprint density at radius 3 is 2.28 bits per heavy atom. The summed E-state index contributed by atoms with van der Waals surface area (Å²) in [6.07, 6.45) is 1.87. The molecular weight excluding hydrogens is 406 g/mol. The topological polar surface area (TPSA) is 84.6 Å². The van der Waals surface area contributed by atoms with E-state index in [0.717, 1.165) is 30.2 Å². The fourth-order valence-electron chi connectivity index (χ4n) is 3.56. The van der Waals surface area contributed by atoms with Crippen LogP contribution in [0.4, 0.5) is 5.82 Å². The van der Waals surface area contributed by atoms with Gasteiger partial charge in [-0.2, -0.15) is 4.98 Å². The first-order chi connectivity index (χ1) is 15.4. The Morgan fingerprint density at radius 1 is 1.00 bits per heavy atom. The lowest BCUT2D eigenvalue weighted by Crippen LogP contribution is -2.49. The van der Waals surface area contributed by atoms with Crippen LogP contribution < -0.4 is 9.64 Å². The van der Waals surface area contributed by atoms with Gasteiger partial charge in [0.25, 0.3) is 5.91 Å². The second kappa shape index (κ2) is 9.38. The molecule has 0 spiro atoms. The molecule has 1 aliphatic heterocycles. The molecule has 2 aromatic heterocycles. The summed E-state index contributed by atoms with van der Waals surface area (Å²) in [6.45, 7) is 10.7. The van der Waals surface area contributed by atoms with E-state index >= 15 is 0 Å². The zero-order valence-electron chi connectivity index (χ0n) is 19.0. The maximum atomic E-state index is 12.9. The highest BCUT2D eigenvalue weighted by Gasteiger charge is 2.23. The molecule has 3 heterocycles. The van der Waals surface area contributed by atoms with E-state index in [1.54, 1.807) is 6.20 Å². The third-order valence-electron chi connectivity index (χ3n) is 5.31. The number of aromatic nitrogens is 3. The number of carbonyl (C=O) groups excluding carboxylic acids is 1. The normalized spacial score (nSPS) is 14.3. The van der Waals surface area contributed by atoms with E-state index in [0.29, 0.717) is 30.4 Å². The minimum Gasteiger partial charge on any atom is -0.491 e. The fourth-order valence-corrected chi connectivity index (χ4v) is 3.56. The third-order valence-corrected chi connectivity index (χ3v) is 5.31. The first-order valence-electron chi connectivity index (χ1n) is 11.0. The second-order valence-electron chi connectivity index (χ2n) is 8.49. The molecule has 168 valence electrons. The SMILES string of the molecule is CC(C)Oc1ccc(C(=O)N2CCN(c3ccc(-c4noc(C(C)C)n4)cn3)CC2)cc1. The molecule has 1 saturated heterocycles. The molecule has 0 saturated carbocycles. The molecule has 8 nitrogen and oxygen atoms in total. The average molecular weight is 436 g/mol.